The third kappa shape index (κ3) is 2.68. The Kier molecular flexibility index (Phi) is 3.68. The number of carbonyl (C=O) groups excluding carboxylic acids is 1. The summed E-state index contributed by atoms with van der Waals surface area (Å²) in [4.78, 5) is 11.6. The molecule has 0 bridgehead atoms. The van der Waals surface area contributed by atoms with E-state index in [0.717, 1.165) is 12.1 Å². The number of carbonyl (C=O) groups is 1. The first-order valence-corrected chi connectivity index (χ1v) is 5.87. The van der Waals surface area contributed by atoms with E-state index < -0.39 is 33.5 Å². The number of hydrogen-bond acceptors (Lipinski definition) is 2. The van der Waals surface area contributed by atoms with Gasteiger partial charge in [0.1, 0.15) is 11.6 Å². The number of Topliss-reactive ketones (excluding diaryl/α,β-unsaturated/α-hetero) is 1. The Bertz CT molecular complexity index is 418. The van der Waals surface area contributed by atoms with Gasteiger partial charge in [0.15, 0.2) is 5.78 Å². The second-order valence-corrected chi connectivity index (χ2v) is 4.83. The van der Waals surface area contributed by atoms with E-state index in [1.54, 1.807) is 0 Å². The molecule has 0 saturated carbocycles. The topological polar surface area (TPSA) is 34.1 Å². The fraction of sp³-hybridized carbons (Fsp3) is 0.300. The van der Waals surface area contributed by atoms with E-state index in [1.165, 1.54) is 13.2 Å². The van der Waals surface area contributed by atoms with E-state index in [-0.39, 0.29) is 5.56 Å². The average molecular weight is 232 g/mol. The van der Waals surface area contributed by atoms with Crippen LogP contribution in [0.2, 0.25) is 0 Å². The molecule has 5 heteroatoms. The van der Waals surface area contributed by atoms with Gasteiger partial charge in [-0.1, -0.05) is 0 Å². The largest absolute Gasteiger partial charge is 0.293 e. The van der Waals surface area contributed by atoms with Crippen LogP contribution in [0.15, 0.2) is 18.2 Å². The lowest BCUT2D eigenvalue weighted by molar-refractivity contribution is 0.0989. The zero-order valence-corrected chi connectivity index (χ0v) is 9.11. The van der Waals surface area contributed by atoms with Crippen LogP contribution in [0.3, 0.4) is 0 Å². The Morgan fingerprint density at radius 2 is 2.00 bits per heavy atom. The first kappa shape index (κ1) is 12.0. The Balaban J connectivity index is 3.07. The lowest BCUT2D eigenvalue weighted by Gasteiger charge is -2.07. The van der Waals surface area contributed by atoms with Gasteiger partial charge in [0.2, 0.25) is 0 Å². The lowest BCUT2D eigenvalue weighted by Crippen LogP contribution is -2.22. The second-order valence-electron chi connectivity index (χ2n) is 3.13. The van der Waals surface area contributed by atoms with Crippen molar-refractivity contribution in [3.05, 3.63) is 35.4 Å². The summed E-state index contributed by atoms with van der Waals surface area (Å²) in [5.74, 6) is -2.24. The van der Waals surface area contributed by atoms with Gasteiger partial charge in [0.25, 0.3) is 0 Å². The first-order valence-electron chi connectivity index (χ1n) is 4.25. The first-order chi connectivity index (χ1) is 6.93. The van der Waals surface area contributed by atoms with Crippen molar-refractivity contribution in [2.24, 2.45) is 0 Å². The van der Waals surface area contributed by atoms with Crippen LogP contribution in [0.25, 0.3) is 0 Å². The van der Waals surface area contributed by atoms with E-state index in [0.29, 0.717) is 6.07 Å². The van der Waals surface area contributed by atoms with Gasteiger partial charge in [-0.05, 0) is 19.1 Å². The molecule has 0 saturated heterocycles. The molecule has 2 unspecified atom stereocenters. The van der Waals surface area contributed by atoms with Gasteiger partial charge in [-0.15, -0.1) is 0 Å². The van der Waals surface area contributed by atoms with Crippen LogP contribution in [0, 0.1) is 11.6 Å². The fourth-order valence-electron chi connectivity index (χ4n) is 1.06. The molecule has 0 heterocycles. The molecular formula is C10H10F2O2S. The summed E-state index contributed by atoms with van der Waals surface area (Å²) in [6, 6.07) is 2.70. The molecule has 15 heavy (non-hydrogen) atoms. The summed E-state index contributed by atoms with van der Waals surface area (Å²) in [5, 5.41) is -0.787. The van der Waals surface area contributed by atoms with E-state index in [4.69, 9.17) is 0 Å². The predicted molar refractivity (Wildman–Crippen MR) is 54.2 cm³/mol. The molecule has 1 aromatic carbocycles. The lowest BCUT2D eigenvalue weighted by atomic mass is 10.1. The van der Waals surface area contributed by atoms with Crippen LogP contribution in [-0.2, 0) is 10.8 Å². The normalized spacial score (nSPS) is 14.7. The average Bonchev–Trinajstić information content (AvgIpc) is 2.15. The molecule has 0 aliphatic rings. The molecule has 0 radical (unpaired) electrons. The molecule has 2 atom stereocenters. The quantitative estimate of drug-likeness (QED) is 0.746. The minimum atomic E-state index is -1.36. The molecule has 0 N–H and O–H groups in total. The van der Waals surface area contributed by atoms with Crippen LogP contribution >= 0.6 is 0 Å². The maximum atomic E-state index is 13.2. The molecule has 0 amide bonds. The molecular weight excluding hydrogens is 222 g/mol. The van der Waals surface area contributed by atoms with Crippen LogP contribution in [0.1, 0.15) is 17.3 Å². The Morgan fingerprint density at radius 3 is 2.47 bits per heavy atom. The number of ketones is 1. The highest BCUT2D eigenvalue weighted by molar-refractivity contribution is 7.85. The highest BCUT2D eigenvalue weighted by Crippen LogP contribution is 2.13. The Labute approximate surface area is 88.8 Å². The van der Waals surface area contributed by atoms with Crippen molar-refractivity contribution >= 4 is 16.6 Å². The number of hydrogen-bond donors (Lipinski definition) is 0. The number of rotatable bonds is 3. The summed E-state index contributed by atoms with van der Waals surface area (Å²) in [5.41, 5.74) is -0.223. The minimum Gasteiger partial charge on any atom is -0.293 e. The molecule has 0 aliphatic heterocycles. The molecule has 0 aromatic heterocycles. The molecule has 1 aromatic rings. The molecule has 2 nitrogen and oxygen atoms in total. The monoisotopic (exact) mass is 232 g/mol. The van der Waals surface area contributed by atoms with Gasteiger partial charge in [-0.3, -0.25) is 9.00 Å². The van der Waals surface area contributed by atoms with Crippen molar-refractivity contribution in [1.82, 2.24) is 0 Å². The number of halogens is 2. The molecule has 0 spiro atoms. The highest BCUT2D eigenvalue weighted by Gasteiger charge is 2.21. The van der Waals surface area contributed by atoms with Gasteiger partial charge >= 0.3 is 0 Å². The van der Waals surface area contributed by atoms with Gasteiger partial charge in [-0.25, -0.2) is 8.78 Å². The summed E-state index contributed by atoms with van der Waals surface area (Å²) in [6.07, 6.45) is 1.37. The van der Waals surface area contributed by atoms with Crippen molar-refractivity contribution in [2.75, 3.05) is 6.26 Å². The van der Waals surface area contributed by atoms with Crippen LogP contribution in [-0.4, -0.2) is 21.5 Å². The van der Waals surface area contributed by atoms with Crippen LogP contribution < -0.4 is 0 Å². The standard InChI is InChI=1S/C10H10F2O2S/c1-6(15(2)14)10(13)8-4-3-7(11)5-9(8)12/h3-6H,1-2H3. The molecule has 82 valence electrons. The van der Waals surface area contributed by atoms with Gasteiger partial charge in [0.05, 0.1) is 10.8 Å². The van der Waals surface area contributed by atoms with E-state index in [2.05, 4.69) is 0 Å². The minimum absolute atomic E-state index is 0.223. The van der Waals surface area contributed by atoms with E-state index in [1.807, 2.05) is 0 Å². The van der Waals surface area contributed by atoms with E-state index in [9.17, 15) is 17.8 Å². The van der Waals surface area contributed by atoms with Gasteiger partial charge in [0, 0.05) is 23.1 Å². The van der Waals surface area contributed by atoms with E-state index >= 15 is 0 Å². The summed E-state index contributed by atoms with van der Waals surface area (Å²) < 4.78 is 36.8. The van der Waals surface area contributed by atoms with Crippen LogP contribution in [0.5, 0.6) is 0 Å². The zero-order valence-electron chi connectivity index (χ0n) is 8.29. The summed E-state index contributed by atoms with van der Waals surface area (Å²) in [7, 11) is -1.36. The second kappa shape index (κ2) is 4.61. The maximum Gasteiger partial charge on any atom is 0.181 e. The maximum absolute atomic E-state index is 13.2. The molecule has 0 aliphatic carbocycles. The van der Waals surface area contributed by atoms with Crippen molar-refractivity contribution in [2.45, 2.75) is 12.2 Å². The van der Waals surface area contributed by atoms with Crippen molar-refractivity contribution in [1.29, 1.82) is 0 Å². The van der Waals surface area contributed by atoms with Crippen molar-refractivity contribution in [3.63, 3.8) is 0 Å². The zero-order chi connectivity index (χ0) is 11.6. The van der Waals surface area contributed by atoms with Crippen LogP contribution in [0.4, 0.5) is 8.78 Å². The molecule has 1 rings (SSSR count). The Morgan fingerprint density at radius 1 is 1.40 bits per heavy atom. The highest BCUT2D eigenvalue weighted by atomic mass is 32.2. The Hall–Kier alpha value is -1.10. The third-order valence-electron chi connectivity index (χ3n) is 2.06. The van der Waals surface area contributed by atoms with Crippen molar-refractivity contribution in [3.8, 4) is 0 Å². The van der Waals surface area contributed by atoms with Gasteiger partial charge < -0.3 is 0 Å². The van der Waals surface area contributed by atoms with Gasteiger partial charge in [-0.2, -0.15) is 0 Å². The fourth-order valence-corrected chi connectivity index (χ4v) is 1.49. The summed E-state index contributed by atoms with van der Waals surface area (Å²) in [6.45, 7) is 1.45. The third-order valence-corrected chi connectivity index (χ3v) is 3.27. The molecule has 0 fully saturated rings. The van der Waals surface area contributed by atoms with Crippen molar-refractivity contribution < 1.29 is 17.8 Å². The smallest absolute Gasteiger partial charge is 0.181 e. The SMILES string of the molecule is CC(C(=O)c1ccc(F)cc1F)S(C)=O. The predicted octanol–water partition coefficient (Wildman–Crippen LogP) is 1.91. The number of benzene rings is 1. The summed E-state index contributed by atoms with van der Waals surface area (Å²) >= 11 is 0.